The summed E-state index contributed by atoms with van der Waals surface area (Å²) in [7, 11) is 1.40. The molecule has 0 heterocycles. The van der Waals surface area contributed by atoms with Crippen LogP contribution in [0.1, 0.15) is 20.7 Å². The van der Waals surface area contributed by atoms with Gasteiger partial charge < -0.3 is 14.9 Å². The molecule has 2 aromatic rings. The first-order valence-corrected chi connectivity index (χ1v) is 5.78. The standard InChI is InChI=1S/C15H12O5/c1-20-13-11(3-2-4-12(13)15(18)19)9-5-7-10(8-6-9)14(16)17/h2-8H,1H3,(H,16,17)(H,18,19). The molecule has 0 bridgehead atoms. The van der Waals surface area contributed by atoms with Gasteiger partial charge in [0.05, 0.1) is 12.7 Å². The van der Waals surface area contributed by atoms with Gasteiger partial charge in [0.25, 0.3) is 0 Å². The van der Waals surface area contributed by atoms with Crippen LogP contribution in [-0.2, 0) is 0 Å². The molecule has 2 N–H and O–H groups in total. The van der Waals surface area contributed by atoms with Crippen LogP contribution >= 0.6 is 0 Å². The van der Waals surface area contributed by atoms with E-state index in [9.17, 15) is 9.59 Å². The van der Waals surface area contributed by atoms with Crippen molar-refractivity contribution in [1.29, 1.82) is 0 Å². The number of benzene rings is 2. The maximum absolute atomic E-state index is 11.1. The fourth-order valence-electron chi connectivity index (χ4n) is 1.95. The summed E-state index contributed by atoms with van der Waals surface area (Å²) < 4.78 is 5.17. The topological polar surface area (TPSA) is 83.8 Å². The molecule has 0 spiro atoms. The summed E-state index contributed by atoms with van der Waals surface area (Å²) >= 11 is 0. The molecule has 0 aliphatic rings. The van der Waals surface area contributed by atoms with Gasteiger partial charge in [-0.25, -0.2) is 9.59 Å². The van der Waals surface area contributed by atoms with E-state index in [-0.39, 0.29) is 16.9 Å². The molecule has 2 rings (SSSR count). The van der Waals surface area contributed by atoms with Gasteiger partial charge in [0.1, 0.15) is 11.3 Å². The molecule has 20 heavy (non-hydrogen) atoms. The summed E-state index contributed by atoms with van der Waals surface area (Å²) in [5.41, 5.74) is 1.52. The van der Waals surface area contributed by atoms with Crippen LogP contribution in [0.15, 0.2) is 42.5 Å². The Morgan fingerprint density at radius 2 is 1.60 bits per heavy atom. The number of rotatable bonds is 4. The van der Waals surface area contributed by atoms with Crippen molar-refractivity contribution < 1.29 is 24.5 Å². The molecule has 0 fully saturated rings. The molecule has 0 saturated heterocycles. The van der Waals surface area contributed by atoms with E-state index in [1.54, 1.807) is 24.3 Å². The number of aromatic carboxylic acids is 2. The Labute approximate surface area is 115 Å². The largest absolute Gasteiger partial charge is 0.495 e. The van der Waals surface area contributed by atoms with Gasteiger partial charge in [-0.2, -0.15) is 0 Å². The lowest BCUT2D eigenvalue weighted by Crippen LogP contribution is -2.02. The van der Waals surface area contributed by atoms with Crippen LogP contribution in [0.2, 0.25) is 0 Å². The predicted octanol–water partition coefficient (Wildman–Crippen LogP) is 2.76. The van der Waals surface area contributed by atoms with Gasteiger partial charge in [-0.1, -0.05) is 24.3 Å². The molecule has 0 amide bonds. The fourth-order valence-corrected chi connectivity index (χ4v) is 1.95. The highest BCUT2D eigenvalue weighted by Crippen LogP contribution is 2.33. The third-order valence-electron chi connectivity index (χ3n) is 2.89. The zero-order chi connectivity index (χ0) is 14.7. The second kappa shape index (κ2) is 5.44. The van der Waals surface area contributed by atoms with Crippen molar-refractivity contribution in [2.24, 2.45) is 0 Å². The zero-order valence-corrected chi connectivity index (χ0v) is 10.7. The van der Waals surface area contributed by atoms with E-state index in [0.29, 0.717) is 11.1 Å². The Hall–Kier alpha value is -2.82. The molecular weight excluding hydrogens is 260 g/mol. The molecule has 0 radical (unpaired) electrons. The maximum Gasteiger partial charge on any atom is 0.339 e. The van der Waals surface area contributed by atoms with Crippen LogP contribution in [0.4, 0.5) is 0 Å². The Bertz CT molecular complexity index is 658. The van der Waals surface area contributed by atoms with Crippen molar-refractivity contribution in [3.8, 4) is 16.9 Å². The van der Waals surface area contributed by atoms with E-state index in [4.69, 9.17) is 14.9 Å². The van der Waals surface area contributed by atoms with E-state index in [1.165, 1.54) is 25.3 Å². The lowest BCUT2D eigenvalue weighted by Gasteiger charge is -2.11. The number of carbonyl (C=O) groups is 2. The first-order chi connectivity index (χ1) is 9.54. The second-order valence-electron chi connectivity index (χ2n) is 4.07. The number of para-hydroxylation sites is 1. The lowest BCUT2D eigenvalue weighted by atomic mass is 10.00. The Kier molecular flexibility index (Phi) is 3.70. The smallest absolute Gasteiger partial charge is 0.339 e. The molecular formula is C15H12O5. The lowest BCUT2D eigenvalue weighted by molar-refractivity contribution is 0.0684. The molecule has 102 valence electrons. The van der Waals surface area contributed by atoms with Gasteiger partial charge in [0.15, 0.2) is 0 Å². The van der Waals surface area contributed by atoms with E-state index in [0.717, 1.165) is 0 Å². The predicted molar refractivity (Wildman–Crippen MR) is 72.3 cm³/mol. The van der Waals surface area contributed by atoms with Crippen molar-refractivity contribution in [1.82, 2.24) is 0 Å². The third-order valence-corrected chi connectivity index (χ3v) is 2.89. The van der Waals surface area contributed by atoms with Crippen molar-refractivity contribution in [2.75, 3.05) is 7.11 Å². The van der Waals surface area contributed by atoms with Gasteiger partial charge in [0, 0.05) is 5.56 Å². The minimum absolute atomic E-state index is 0.0623. The molecule has 2 aromatic carbocycles. The van der Waals surface area contributed by atoms with Crippen LogP contribution in [0.25, 0.3) is 11.1 Å². The molecule has 0 unspecified atom stereocenters. The normalized spacial score (nSPS) is 10.1. The maximum atomic E-state index is 11.1. The van der Waals surface area contributed by atoms with Gasteiger partial charge in [-0.15, -0.1) is 0 Å². The quantitative estimate of drug-likeness (QED) is 0.894. The Morgan fingerprint density at radius 1 is 0.950 bits per heavy atom. The van der Waals surface area contributed by atoms with Crippen molar-refractivity contribution in [3.63, 3.8) is 0 Å². The summed E-state index contributed by atoms with van der Waals surface area (Å²) in [6, 6.07) is 11.0. The average Bonchev–Trinajstić information content (AvgIpc) is 2.46. The van der Waals surface area contributed by atoms with Gasteiger partial charge in [-0.05, 0) is 23.8 Å². The van der Waals surface area contributed by atoms with Gasteiger partial charge in [-0.3, -0.25) is 0 Å². The van der Waals surface area contributed by atoms with Crippen LogP contribution in [0.5, 0.6) is 5.75 Å². The van der Waals surface area contributed by atoms with Crippen LogP contribution < -0.4 is 4.74 Å². The highest BCUT2D eigenvalue weighted by molar-refractivity contribution is 5.95. The van der Waals surface area contributed by atoms with E-state index in [2.05, 4.69) is 0 Å². The zero-order valence-electron chi connectivity index (χ0n) is 10.7. The number of methoxy groups -OCH3 is 1. The third kappa shape index (κ3) is 2.47. The average molecular weight is 272 g/mol. The van der Waals surface area contributed by atoms with Crippen molar-refractivity contribution in [2.45, 2.75) is 0 Å². The molecule has 0 atom stereocenters. The Morgan fingerprint density at radius 3 is 2.10 bits per heavy atom. The van der Waals surface area contributed by atoms with Crippen LogP contribution in [0.3, 0.4) is 0 Å². The minimum atomic E-state index is -1.08. The number of ether oxygens (including phenoxy) is 1. The number of carboxylic acid groups (broad SMARTS) is 2. The summed E-state index contributed by atoms with van der Waals surface area (Å²) in [6.07, 6.45) is 0. The first kappa shape index (κ1) is 13.6. The van der Waals surface area contributed by atoms with Crippen molar-refractivity contribution in [3.05, 3.63) is 53.6 Å². The van der Waals surface area contributed by atoms with Crippen molar-refractivity contribution >= 4 is 11.9 Å². The highest BCUT2D eigenvalue weighted by atomic mass is 16.5. The first-order valence-electron chi connectivity index (χ1n) is 5.78. The molecule has 0 aliphatic heterocycles. The Balaban J connectivity index is 2.54. The van der Waals surface area contributed by atoms with E-state index >= 15 is 0 Å². The summed E-state index contributed by atoms with van der Waals surface area (Å²) in [5.74, 6) is -1.84. The number of carboxylic acids is 2. The van der Waals surface area contributed by atoms with Gasteiger partial charge in [0.2, 0.25) is 0 Å². The fraction of sp³-hybridized carbons (Fsp3) is 0.0667. The van der Waals surface area contributed by atoms with Gasteiger partial charge >= 0.3 is 11.9 Å². The number of hydrogen-bond donors (Lipinski definition) is 2. The molecule has 0 aliphatic carbocycles. The molecule has 5 heteroatoms. The van der Waals surface area contributed by atoms with Crippen LogP contribution in [0, 0.1) is 0 Å². The molecule has 5 nitrogen and oxygen atoms in total. The van der Waals surface area contributed by atoms with E-state index < -0.39 is 11.9 Å². The summed E-state index contributed by atoms with van der Waals surface area (Å²) in [6.45, 7) is 0. The SMILES string of the molecule is COc1c(C(=O)O)cccc1-c1ccc(C(=O)O)cc1. The van der Waals surface area contributed by atoms with E-state index in [1.807, 2.05) is 0 Å². The monoisotopic (exact) mass is 272 g/mol. The minimum Gasteiger partial charge on any atom is -0.495 e. The number of hydrogen-bond acceptors (Lipinski definition) is 3. The second-order valence-corrected chi connectivity index (χ2v) is 4.07. The highest BCUT2D eigenvalue weighted by Gasteiger charge is 2.15. The summed E-state index contributed by atoms with van der Waals surface area (Å²) in [4.78, 5) is 22.0. The summed E-state index contributed by atoms with van der Waals surface area (Å²) in [5, 5.41) is 18.0. The molecule has 0 saturated carbocycles. The van der Waals surface area contributed by atoms with Crippen LogP contribution in [-0.4, -0.2) is 29.3 Å². The molecule has 0 aromatic heterocycles.